The van der Waals surface area contributed by atoms with Crippen molar-refractivity contribution in [1.82, 2.24) is 15.3 Å². The molecule has 0 radical (unpaired) electrons. The molecule has 1 aliphatic heterocycles. The smallest absolute Gasteiger partial charge is 0.141 e. The van der Waals surface area contributed by atoms with Crippen LogP contribution in [0.2, 0.25) is 0 Å². The summed E-state index contributed by atoms with van der Waals surface area (Å²) >= 11 is 0. The Balaban J connectivity index is 1.65. The molecule has 3 aromatic rings. The van der Waals surface area contributed by atoms with Crippen molar-refractivity contribution in [2.24, 2.45) is 0 Å². The van der Waals surface area contributed by atoms with Crippen molar-refractivity contribution in [3.05, 3.63) is 53.3 Å². The highest BCUT2D eigenvalue weighted by atomic mass is 16.5. The molecule has 0 amide bonds. The highest BCUT2D eigenvalue weighted by molar-refractivity contribution is 5.86. The zero-order chi connectivity index (χ0) is 15.8. The molecule has 5 nitrogen and oxygen atoms in total. The molecule has 23 heavy (non-hydrogen) atoms. The molecule has 0 saturated carbocycles. The number of rotatable bonds is 3. The molecule has 118 valence electrons. The maximum Gasteiger partial charge on any atom is 0.141 e. The third kappa shape index (κ3) is 2.58. The SMILES string of the molecule is Cc1c[nH]c2nccc(Oc3ccc4c(c3)CNC(CO)C4)c12. The summed E-state index contributed by atoms with van der Waals surface area (Å²) < 4.78 is 6.11. The van der Waals surface area contributed by atoms with Gasteiger partial charge in [-0.25, -0.2) is 4.98 Å². The maximum atomic E-state index is 9.28. The Morgan fingerprint density at radius 1 is 1.30 bits per heavy atom. The summed E-state index contributed by atoms with van der Waals surface area (Å²) in [7, 11) is 0. The van der Waals surface area contributed by atoms with Gasteiger partial charge in [-0.3, -0.25) is 0 Å². The van der Waals surface area contributed by atoms with Crippen molar-refractivity contribution in [3.8, 4) is 11.5 Å². The molecule has 4 rings (SSSR count). The Bertz CT molecular complexity index is 857. The van der Waals surface area contributed by atoms with Gasteiger partial charge in [-0.15, -0.1) is 0 Å². The van der Waals surface area contributed by atoms with Gasteiger partial charge in [0.1, 0.15) is 17.1 Å². The van der Waals surface area contributed by atoms with E-state index in [0.29, 0.717) is 0 Å². The lowest BCUT2D eigenvalue weighted by atomic mass is 9.96. The third-order valence-electron chi connectivity index (χ3n) is 4.41. The number of aliphatic hydroxyl groups is 1. The quantitative estimate of drug-likeness (QED) is 0.696. The molecular formula is C18H19N3O2. The first kappa shape index (κ1) is 14.2. The van der Waals surface area contributed by atoms with Gasteiger partial charge in [0.05, 0.1) is 12.0 Å². The van der Waals surface area contributed by atoms with Crippen LogP contribution in [-0.2, 0) is 13.0 Å². The number of aromatic nitrogens is 2. The van der Waals surface area contributed by atoms with E-state index >= 15 is 0 Å². The molecule has 0 fully saturated rings. The van der Waals surface area contributed by atoms with Crippen LogP contribution in [0.5, 0.6) is 11.5 Å². The number of fused-ring (bicyclic) bond motifs is 2. The van der Waals surface area contributed by atoms with E-state index in [1.807, 2.05) is 25.3 Å². The second-order valence-corrected chi connectivity index (χ2v) is 6.00. The number of ether oxygens (including phenoxy) is 1. The first-order valence-electron chi connectivity index (χ1n) is 7.81. The fourth-order valence-corrected chi connectivity index (χ4v) is 3.15. The molecular weight excluding hydrogens is 290 g/mol. The number of hydrogen-bond acceptors (Lipinski definition) is 4. The van der Waals surface area contributed by atoms with Crippen molar-refractivity contribution in [2.75, 3.05) is 6.61 Å². The normalized spacial score (nSPS) is 17.2. The van der Waals surface area contributed by atoms with Gasteiger partial charge in [0.15, 0.2) is 0 Å². The minimum absolute atomic E-state index is 0.150. The summed E-state index contributed by atoms with van der Waals surface area (Å²) in [4.78, 5) is 7.47. The van der Waals surface area contributed by atoms with E-state index in [-0.39, 0.29) is 12.6 Å². The molecule has 3 N–H and O–H groups in total. The fourth-order valence-electron chi connectivity index (χ4n) is 3.15. The summed E-state index contributed by atoms with van der Waals surface area (Å²) in [6.07, 6.45) is 4.54. The van der Waals surface area contributed by atoms with Crippen LogP contribution >= 0.6 is 0 Å². The largest absolute Gasteiger partial charge is 0.457 e. The molecule has 2 aromatic heterocycles. The standard InChI is InChI=1S/C18H19N3O2/c1-11-8-21-18-17(11)16(4-5-19-18)23-15-3-2-12-6-14(10-22)20-9-13(12)7-15/h2-5,7-8,14,20,22H,6,9-10H2,1H3,(H,19,21). The fraction of sp³-hybridized carbons (Fsp3) is 0.278. The zero-order valence-corrected chi connectivity index (χ0v) is 13.0. The number of benzene rings is 1. The van der Waals surface area contributed by atoms with Crippen molar-refractivity contribution < 1.29 is 9.84 Å². The van der Waals surface area contributed by atoms with E-state index < -0.39 is 0 Å². The number of aliphatic hydroxyl groups excluding tert-OH is 1. The number of H-pyrrole nitrogens is 1. The Morgan fingerprint density at radius 3 is 3.09 bits per heavy atom. The van der Waals surface area contributed by atoms with E-state index in [0.717, 1.165) is 41.1 Å². The summed E-state index contributed by atoms with van der Waals surface area (Å²) in [6, 6.07) is 8.20. The Kier molecular flexibility index (Phi) is 3.52. The highest BCUT2D eigenvalue weighted by Crippen LogP contribution is 2.32. The second kappa shape index (κ2) is 5.68. The lowest BCUT2D eigenvalue weighted by Gasteiger charge is -2.25. The maximum absolute atomic E-state index is 9.28. The van der Waals surface area contributed by atoms with Crippen LogP contribution in [0, 0.1) is 6.92 Å². The van der Waals surface area contributed by atoms with Gasteiger partial charge in [-0.2, -0.15) is 0 Å². The van der Waals surface area contributed by atoms with Crippen LogP contribution in [-0.4, -0.2) is 27.7 Å². The summed E-state index contributed by atoms with van der Waals surface area (Å²) in [5.74, 6) is 1.63. The average Bonchev–Trinajstić information content (AvgIpc) is 2.97. The molecule has 1 atom stereocenters. The topological polar surface area (TPSA) is 70.2 Å². The lowest BCUT2D eigenvalue weighted by Crippen LogP contribution is -2.38. The molecule has 1 aromatic carbocycles. The van der Waals surface area contributed by atoms with Crippen LogP contribution < -0.4 is 10.1 Å². The molecule has 5 heteroatoms. The summed E-state index contributed by atoms with van der Waals surface area (Å²) in [5.41, 5.74) is 4.45. The van der Waals surface area contributed by atoms with Gasteiger partial charge in [0.25, 0.3) is 0 Å². The predicted molar refractivity (Wildman–Crippen MR) is 88.8 cm³/mol. The first-order chi connectivity index (χ1) is 11.2. The number of aromatic amines is 1. The average molecular weight is 309 g/mol. The monoisotopic (exact) mass is 309 g/mol. The molecule has 0 bridgehead atoms. The summed E-state index contributed by atoms with van der Waals surface area (Å²) in [6.45, 7) is 2.96. The minimum Gasteiger partial charge on any atom is -0.457 e. The van der Waals surface area contributed by atoms with Crippen LogP contribution in [0.25, 0.3) is 11.0 Å². The van der Waals surface area contributed by atoms with Gasteiger partial charge < -0.3 is 20.1 Å². The van der Waals surface area contributed by atoms with Gasteiger partial charge >= 0.3 is 0 Å². The van der Waals surface area contributed by atoms with Gasteiger partial charge in [0, 0.05) is 25.0 Å². The van der Waals surface area contributed by atoms with Crippen molar-refractivity contribution >= 4 is 11.0 Å². The third-order valence-corrected chi connectivity index (χ3v) is 4.41. The van der Waals surface area contributed by atoms with Crippen LogP contribution in [0.3, 0.4) is 0 Å². The minimum atomic E-state index is 0.150. The molecule has 0 aliphatic carbocycles. The van der Waals surface area contributed by atoms with E-state index in [4.69, 9.17) is 4.74 Å². The highest BCUT2D eigenvalue weighted by Gasteiger charge is 2.18. The van der Waals surface area contributed by atoms with Crippen LogP contribution in [0.15, 0.2) is 36.7 Å². The first-order valence-corrected chi connectivity index (χ1v) is 7.81. The Morgan fingerprint density at radius 2 is 2.22 bits per heavy atom. The van der Waals surface area contributed by atoms with E-state index in [2.05, 4.69) is 27.4 Å². The molecule has 3 heterocycles. The van der Waals surface area contributed by atoms with Gasteiger partial charge in [0.2, 0.25) is 0 Å². The Hall–Kier alpha value is -2.37. The predicted octanol–water partition coefficient (Wildman–Crippen LogP) is 2.67. The summed E-state index contributed by atoms with van der Waals surface area (Å²) in [5, 5.41) is 13.6. The Labute approximate surface area is 134 Å². The number of nitrogens with zero attached hydrogens (tertiary/aromatic N) is 1. The van der Waals surface area contributed by atoms with E-state index in [1.54, 1.807) is 6.20 Å². The van der Waals surface area contributed by atoms with Crippen molar-refractivity contribution in [1.29, 1.82) is 0 Å². The van der Waals surface area contributed by atoms with E-state index in [9.17, 15) is 5.11 Å². The number of aryl methyl sites for hydroxylation is 1. The molecule has 0 spiro atoms. The van der Waals surface area contributed by atoms with Gasteiger partial charge in [-0.05, 0) is 48.2 Å². The number of hydrogen-bond donors (Lipinski definition) is 3. The van der Waals surface area contributed by atoms with Gasteiger partial charge in [-0.1, -0.05) is 6.07 Å². The molecule has 0 saturated heterocycles. The number of nitrogens with one attached hydrogen (secondary N) is 2. The van der Waals surface area contributed by atoms with Crippen LogP contribution in [0.1, 0.15) is 16.7 Å². The zero-order valence-electron chi connectivity index (χ0n) is 13.0. The van der Waals surface area contributed by atoms with Crippen LogP contribution in [0.4, 0.5) is 0 Å². The van der Waals surface area contributed by atoms with Crippen molar-refractivity contribution in [2.45, 2.75) is 25.9 Å². The molecule has 1 aliphatic rings. The second-order valence-electron chi connectivity index (χ2n) is 6.00. The molecule has 1 unspecified atom stereocenters. The van der Waals surface area contributed by atoms with E-state index in [1.165, 1.54) is 11.1 Å². The number of pyridine rings is 1. The lowest BCUT2D eigenvalue weighted by molar-refractivity contribution is 0.236. The van der Waals surface area contributed by atoms with Crippen molar-refractivity contribution in [3.63, 3.8) is 0 Å².